The number of benzene rings is 1. The lowest BCUT2D eigenvalue weighted by Crippen LogP contribution is -2.66. The van der Waals surface area contributed by atoms with Gasteiger partial charge in [-0.05, 0) is 18.9 Å². The van der Waals surface area contributed by atoms with Crippen molar-refractivity contribution in [1.82, 2.24) is 14.3 Å². The third-order valence-corrected chi connectivity index (χ3v) is 10.7. The van der Waals surface area contributed by atoms with Gasteiger partial charge in [0.1, 0.15) is 10.5 Å². The highest BCUT2D eigenvalue weighted by Gasteiger charge is 2.66. The van der Waals surface area contributed by atoms with E-state index >= 15 is 0 Å². The van der Waals surface area contributed by atoms with Gasteiger partial charge >= 0.3 is 5.97 Å². The Labute approximate surface area is 237 Å². The average molecular weight is 625 g/mol. The number of carboxylic acid groups (broad SMARTS) is 1. The Morgan fingerprint density at radius 3 is 2.29 bits per heavy atom. The van der Waals surface area contributed by atoms with Gasteiger partial charge in [0.05, 0.1) is 27.9 Å². The lowest BCUT2D eigenvalue weighted by atomic mass is 9.64. The van der Waals surface area contributed by atoms with Crippen molar-refractivity contribution in [1.29, 1.82) is 0 Å². The number of amides is 1. The van der Waals surface area contributed by atoms with Gasteiger partial charge in [-0.3, -0.25) is 19.3 Å². The fourth-order valence-electron chi connectivity index (χ4n) is 5.86. The third kappa shape index (κ3) is 4.34. The van der Waals surface area contributed by atoms with E-state index in [1.165, 1.54) is 37.4 Å². The number of aliphatic carboxylic acids is 1. The number of aliphatic hydroxyl groups excluding tert-OH is 1. The van der Waals surface area contributed by atoms with Gasteiger partial charge in [0, 0.05) is 41.8 Å². The summed E-state index contributed by atoms with van der Waals surface area (Å²) >= 11 is 0.814. The molecule has 5 rings (SSSR count). The monoisotopic (exact) mass is 624 g/mol. The standard InChI is InChI=1S/C24H24N4O10S3/c1-11(29)15-18-24(2,9-12-5-7-13(8-6-12)28(33)34)16(17(22(31)32)27(18)20(15)30)14-10-26-21(39-14)19(40(3,35)36)25-23(26)41(4,37)38/h5-8,10-11,15,18,29H,9H2,1-4H3,(H,31,32)/t11-,15-,18-,24+/m1/s1. The number of fused-ring (bicyclic) bond motifs is 2. The lowest BCUT2D eigenvalue weighted by Gasteiger charge is -2.51. The molecule has 1 saturated heterocycles. The molecule has 1 amide bonds. The highest BCUT2D eigenvalue weighted by Crippen LogP contribution is 2.59. The molecule has 1 aromatic carbocycles. The summed E-state index contributed by atoms with van der Waals surface area (Å²) in [7, 11) is -8.03. The Morgan fingerprint density at radius 1 is 1.20 bits per heavy atom. The second-order valence-electron chi connectivity index (χ2n) is 10.5. The summed E-state index contributed by atoms with van der Waals surface area (Å²) in [5, 5.41) is 30.9. The smallest absolute Gasteiger partial charge is 0.352 e. The molecule has 41 heavy (non-hydrogen) atoms. The summed E-state index contributed by atoms with van der Waals surface area (Å²) in [6.45, 7) is 3.11. The molecule has 3 aromatic rings. The lowest BCUT2D eigenvalue weighted by molar-refractivity contribution is -0.384. The summed E-state index contributed by atoms with van der Waals surface area (Å²) in [6.07, 6.45) is 1.97. The van der Waals surface area contributed by atoms with Crippen LogP contribution < -0.4 is 0 Å². The number of carboxylic acids is 1. The van der Waals surface area contributed by atoms with E-state index in [2.05, 4.69) is 4.98 Å². The largest absolute Gasteiger partial charge is 0.477 e. The second-order valence-corrected chi connectivity index (χ2v) is 15.4. The molecule has 4 atom stereocenters. The fraction of sp³-hybridized carbons (Fsp3) is 0.375. The molecule has 218 valence electrons. The Balaban J connectivity index is 1.79. The highest BCUT2D eigenvalue weighted by molar-refractivity contribution is 7.91. The summed E-state index contributed by atoms with van der Waals surface area (Å²) < 4.78 is 51.1. The van der Waals surface area contributed by atoms with E-state index < -0.39 is 70.1 Å². The molecule has 14 nitrogen and oxygen atoms in total. The molecule has 4 heterocycles. The van der Waals surface area contributed by atoms with Crippen molar-refractivity contribution in [3.05, 3.63) is 56.7 Å². The first kappa shape index (κ1) is 28.8. The third-order valence-electron chi connectivity index (χ3n) is 7.47. The molecule has 2 aliphatic rings. The van der Waals surface area contributed by atoms with Crippen molar-refractivity contribution < 1.29 is 41.6 Å². The van der Waals surface area contributed by atoms with Gasteiger partial charge < -0.3 is 15.1 Å². The van der Waals surface area contributed by atoms with Crippen LogP contribution in [0.25, 0.3) is 10.4 Å². The predicted octanol–water partition coefficient (Wildman–Crippen LogP) is 1.38. The molecule has 0 radical (unpaired) electrons. The van der Waals surface area contributed by atoms with Gasteiger partial charge in [-0.2, -0.15) is 0 Å². The van der Waals surface area contributed by atoms with Gasteiger partial charge in [-0.15, -0.1) is 11.3 Å². The quantitative estimate of drug-likeness (QED) is 0.208. The van der Waals surface area contributed by atoms with Crippen LogP contribution in [0.15, 0.2) is 46.3 Å². The summed E-state index contributed by atoms with van der Waals surface area (Å²) in [6, 6.07) is 4.78. The molecule has 17 heteroatoms. The zero-order valence-electron chi connectivity index (χ0n) is 22.0. The van der Waals surface area contributed by atoms with E-state index in [4.69, 9.17) is 0 Å². The molecule has 0 saturated carbocycles. The maximum absolute atomic E-state index is 13.2. The number of rotatable bonds is 8. The summed E-state index contributed by atoms with van der Waals surface area (Å²) in [5.41, 5.74) is -1.02. The average Bonchev–Trinajstić information content (AvgIpc) is 3.45. The van der Waals surface area contributed by atoms with Crippen LogP contribution in [-0.2, 0) is 35.7 Å². The normalized spacial score (nSPS) is 23.5. The number of hydrogen-bond acceptors (Lipinski definition) is 11. The van der Waals surface area contributed by atoms with Crippen molar-refractivity contribution in [2.75, 3.05) is 12.5 Å². The summed E-state index contributed by atoms with van der Waals surface area (Å²) in [4.78, 5) is 41.5. The minimum Gasteiger partial charge on any atom is -0.477 e. The van der Waals surface area contributed by atoms with E-state index in [-0.39, 0.29) is 33.1 Å². The van der Waals surface area contributed by atoms with Crippen LogP contribution in [0, 0.1) is 21.4 Å². The molecule has 2 aromatic heterocycles. The van der Waals surface area contributed by atoms with Crippen molar-refractivity contribution in [3.63, 3.8) is 0 Å². The Hall–Kier alpha value is -3.67. The van der Waals surface area contributed by atoms with Crippen molar-refractivity contribution in [2.24, 2.45) is 11.3 Å². The topological polar surface area (TPSA) is 207 Å². The molecule has 0 bridgehead atoms. The zero-order valence-corrected chi connectivity index (χ0v) is 24.4. The van der Waals surface area contributed by atoms with Crippen LogP contribution in [0.4, 0.5) is 5.69 Å². The molecule has 0 unspecified atom stereocenters. The number of sulfone groups is 2. The van der Waals surface area contributed by atoms with Crippen molar-refractivity contribution in [2.45, 2.75) is 42.6 Å². The fourth-order valence-corrected chi connectivity index (χ4v) is 9.15. The first-order chi connectivity index (χ1) is 18.9. The molecule has 1 fully saturated rings. The predicted molar refractivity (Wildman–Crippen MR) is 145 cm³/mol. The number of nitrogens with zero attached hydrogens (tertiary/aromatic N) is 4. The van der Waals surface area contributed by atoms with Crippen LogP contribution in [0.2, 0.25) is 0 Å². The first-order valence-corrected chi connectivity index (χ1v) is 16.6. The molecular weight excluding hydrogens is 600 g/mol. The molecule has 0 spiro atoms. The van der Waals surface area contributed by atoms with Crippen LogP contribution in [-0.4, -0.2) is 82.8 Å². The maximum atomic E-state index is 13.2. The number of aromatic nitrogens is 2. The van der Waals surface area contributed by atoms with Gasteiger partial charge in [0.2, 0.25) is 20.9 Å². The van der Waals surface area contributed by atoms with E-state index in [1.54, 1.807) is 6.92 Å². The number of nitro benzene ring substituents is 1. The number of hydrogen-bond donors (Lipinski definition) is 2. The van der Waals surface area contributed by atoms with E-state index in [0.717, 1.165) is 33.1 Å². The van der Waals surface area contributed by atoms with Crippen LogP contribution >= 0.6 is 11.3 Å². The zero-order chi connectivity index (χ0) is 30.4. The molecule has 2 aliphatic heterocycles. The van der Waals surface area contributed by atoms with Gasteiger partial charge in [-0.1, -0.05) is 19.1 Å². The van der Waals surface area contributed by atoms with Gasteiger partial charge in [0.25, 0.3) is 5.69 Å². The van der Waals surface area contributed by atoms with Crippen LogP contribution in [0.1, 0.15) is 24.3 Å². The van der Waals surface area contributed by atoms with Crippen LogP contribution in [0.3, 0.4) is 0 Å². The minimum atomic E-state index is -4.03. The maximum Gasteiger partial charge on any atom is 0.352 e. The number of thiazole rings is 1. The number of carbonyl (C=O) groups excluding carboxylic acids is 1. The minimum absolute atomic E-state index is 0.0505. The molecule has 2 N–H and O–H groups in total. The number of β-lactam (4-membered cyclic amide) rings is 1. The molecule has 0 aliphatic carbocycles. The van der Waals surface area contributed by atoms with Crippen LogP contribution in [0.5, 0.6) is 0 Å². The number of aliphatic hydroxyl groups is 1. The Morgan fingerprint density at radius 2 is 1.80 bits per heavy atom. The number of imidazole rings is 1. The summed E-state index contributed by atoms with van der Waals surface area (Å²) in [5.74, 6) is -3.01. The van der Waals surface area contributed by atoms with E-state index in [0.29, 0.717) is 5.56 Å². The highest BCUT2D eigenvalue weighted by atomic mass is 32.2. The number of non-ortho nitro benzene ring substituents is 1. The molecular formula is C24H24N4O10S3. The number of carbonyl (C=O) groups is 2. The van der Waals surface area contributed by atoms with E-state index in [9.17, 15) is 46.8 Å². The van der Waals surface area contributed by atoms with Crippen molar-refractivity contribution in [3.8, 4) is 0 Å². The van der Waals surface area contributed by atoms with E-state index in [1.807, 2.05) is 0 Å². The van der Waals surface area contributed by atoms with Gasteiger partial charge in [0.15, 0.2) is 14.9 Å². The van der Waals surface area contributed by atoms with Gasteiger partial charge in [-0.25, -0.2) is 26.6 Å². The Bertz CT molecular complexity index is 1840. The Kier molecular flexibility index (Phi) is 6.45. The number of nitro groups is 1. The first-order valence-electron chi connectivity index (χ1n) is 12.0. The SMILES string of the molecule is C[C@@H](O)[C@H]1C(=O)N2C(C(=O)O)=C(c3cn4c(S(C)(=O)=O)nc(S(C)(=O)=O)c4s3)[C@](C)(Cc3ccc([N+](=O)[O-])cc3)[C@@H]12. The van der Waals surface area contributed by atoms with Crippen molar-refractivity contribution >= 4 is 59.0 Å². The second kappa shape index (κ2) is 9.17.